The van der Waals surface area contributed by atoms with Crippen LogP contribution >= 0.6 is 0 Å². The van der Waals surface area contributed by atoms with Crippen molar-refractivity contribution in [2.75, 3.05) is 12.4 Å². The lowest BCUT2D eigenvalue weighted by Crippen LogP contribution is -2.01. The van der Waals surface area contributed by atoms with E-state index >= 15 is 0 Å². The van der Waals surface area contributed by atoms with E-state index in [2.05, 4.69) is 11.4 Å². The van der Waals surface area contributed by atoms with E-state index in [-0.39, 0.29) is 0 Å². The van der Waals surface area contributed by atoms with Gasteiger partial charge in [-0.25, -0.2) is 0 Å². The fourth-order valence-electron chi connectivity index (χ4n) is 1.84. The Hall–Kier alpha value is -2.47. The fraction of sp³-hybridized carbons (Fsp3) is 0.188. The zero-order valence-corrected chi connectivity index (χ0v) is 11.1. The van der Waals surface area contributed by atoms with Gasteiger partial charge in [-0.05, 0) is 42.3 Å². The van der Waals surface area contributed by atoms with Crippen molar-refractivity contribution in [1.82, 2.24) is 0 Å². The Morgan fingerprint density at radius 1 is 1.16 bits per heavy atom. The largest absolute Gasteiger partial charge is 0.497 e. The summed E-state index contributed by atoms with van der Waals surface area (Å²) in [5.74, 6) is 0.844. The highest BCUT2D eigenvalue weighted by Gasteiger charge is 2.02. The zero-order valence-electron chi connectivity index (χ0n) is 11.1. The van der Waals surface area contributed by atoms with Crippen molar-refractivity contribution < 1.29 is 4.74 Å². The SMILES string of the molecule is COc1ccc(CNc2cc(C)ccc2C#N)cc1. The van der Waals surface area contributed by atoms with Gasteiger partial charge in [-0.2, -0.15) is 5.26 Å². The lowest BCUT2D eigenvalue weighted by atomic mass is 10.1. The quantitative estimate of drug-likeness (QED) is 0.906. The highest BCUT2D eigenvalue weighted by Crippen LogP contribution is 2.18. The maximum absolute atomic E-state index is 9.07. The number of ether oxygens (including phenoxy) is 1. The van der Waals surface area contributed by atoms with E-state index in [4.69, 9.17) is 10.00 Å². The number of aryl methyl sites for hydroxylation is 1. The van der Waals surface area contributed by atoms with Crippen molar-refractivity contribution in [2.45, 2.75) is 13.5 Å². The molecular formula is C16H16N2O. The summed E-state index contributed by atoms with van der Waals surface area (Å²) in [6.45, 7) is 2.70. The van der Waals surface area contributed by atoms with Gasteiger partial charge in [0, 0.05) is 6.54 Å². The van der Waals surface area contributed by atoms with Gasteiger partial charge in [0.15, 0.2) is 0 Å². The molecule has 3 nitrogen and oxygen atoms in total. The smallest absolute Gasteiger partial charge is 0.118 e. The average Bonchev–Trinajstić information content (AvgIpc) is 2.46. The van der Waals surface area contributed by atoms with E-state index in [1.807, 2.05) is 49.4 Å². The number of nitrogens with zero attached hydrogens (tertiary/aromatic N) is 1. The zero-order chi connectivity index (χ0) is 13.7. The first-order valence-corrected chi connectivity index (χ1v) is 6.10. The predicted octanol–water partition coefficient (Wildman–Crippen LogP) is 3.49. The van der Waals surface area contributed by atoms with Crippen LogP contribution in [-0.4, -0.2) is 7.11 Å². The van der Waals surface area contributed by atoms with Gasteiger partial charge in [0.2, 0.25) is 0 Å². The van der Waals surface area contributed by atoms with Crippen LogP contribution in [0.2, 0.25) is 0 Å². The van der Waals surface area contributed by atoms with E-state index in [9.17, 15) is 0 Å². The van der Waals surface area contributed by atoms with E-state index in [1.165, 1.54) is 0 Å². The molecule has 0 bridgehead atoms. The molecule has 2 aromatic rings. The highest BCUT2D eigenvalue weighted by atomic mass is 16.5. The second-order valence-corrected chi connectivity index (χ2v) is 4.36. The van der Waals surface area contributed by atoms with Gasteiger partial charge in [-0.3, -0.25) is 0 Å². The summed E-state index contributed by atoms with van der Waals surface area (Å²) in [5, 5.41) is 12.4. The summed E-state index contributed by atoms with van der Waals surface area (Å²) in [6.07, 6.45) is 0. The molecule has 0 aliphatic carbocycles. The molecule has 0 aliphatic heterocycles. The molecule has 0 spiro atoms. The van der Waals surface area contributed by atoms with Crippen LogP contribution in [-0.2, 0) is 6.54 Å². The number of anilines is 1. The molecule has 0 unspecified atom stereocenters. The number of hydrogen-bond donors (Lipinski definition) is 1. The van der Waals surface area contributed by atoms with Gasteiger partial charge in [0.1, 0.15) is 11.8 Å². The monoisotopic (exact) mass is 252 g/mol. The molecule has 0 radical (unpaired) electrons. The number of benzene rings is 2. The molecule has 96 valence electrons. The minimum absolute atomic E-state index is 0.666. The predicted molar refractivity (Wildman–Crippen MR) is 76.2 cm³/mol. The maximum atomic E-state index is 9.07. The van der Waals surface area contributed by atoms with Crippen LogP contribution < -0.4 is 10.1 Å². The van der Waals surface area contributed by atoms with Crippen molar-refractivity contribution >= 4 is 5.69 Å². The third kappa shape index (κ3) is 3.26. The Kier molecular flexibility index (Phi) is 4.04. The van der Waals surface area contributed by atoms with Crippen molar-refractivity contribution in [2.24, 2.45) is 0 Å². The standard InChI is InChI=1S/C16H16N2O/c1-12-3-6-14(10-17)16(9-12)18-11-13-4-7-15(19-2)8-5-13/h3-9,18H,11H2,1-2H3. The lowest BCUT2D eigenvalue weighted by Gasteiger charge is -2.09. The Morgan fingerprint density at radius 3 is 2.53 bits per heavy atom. The second-order valence-electron chi connectivity index (χ2n) is 4.36. The molecule has 0 saturated heterocycles. The topological polar surface area (TPSA) is 45.0 Å². The molecule has 2 rings (SSSR count). The van der Waals surface area contributed by atoms with E-state index in [0.29, 0.717) is 12.1 Å². The Labute approximate surface area is 113 Å². The number of methoxy groups -OCH3 is 1. The van der Waals surface area contributed by atoms with Gasteiger partial charge < -0.3 is 10.1 Å². The third-order valence-electron chi connectivity index (χ3n) is 2.94. The minimum Gasteiger partial charge on any atom is -0.497 e. The molecule has 19 heavy (non-hydrogen) atoms. The van der Waals surface area contributed by atoms with E-state index in [0.717, 1.165) is 22.6 Å². The Balaban J connectivity index is 2.09. The van der Waals surface area contributed by atoms with Crippen LogP contribution in [0.15, 0.2) is 42.5 Å². The number of nitriles is 1. The number of hydrogen-bond acceptors (Lipinski definition) is 3. The van der Waals surface area contributed by atoms with Crippen LogP contribution in [0.25, 0.3) is 0 Å². The summed E-state index contributed by atoms with van der Waals surface area (Å²) >= 11 is 0. The maximum Gasteiger partial charge on any atom is 0.118 e. The molecule has 0 amide bonds. The first-order chi connectivity index (χ1) is 9.22. The van der Waals surface area contributed by atoms with E-state index < -0.39 is 0 Å². The van der Waals surface area contributed by atoms with Crippen LogP contribution in [0.3, 0.4) is 0 Å². The normalized spacial score (nSPS) is 9.74. The average molecular weight is 252 g/mol. The van der Waals surface area contributed by atoms with Gasteiger partial charge >= 0.3 is 0 Å². The highest BCUT2D eigenvalue weighted by molar-refractivity contribution is 5.59. The molecule has 2 aromatic carbocycles. The summed E-state index contributed by atoms with van der Waals surface area (Å²) in [7, 11) is 1.65. The molecule has 0 heterocycles. The molecule has 1 N–H and O–H groups in total. The molecule has 0 saturated carbocycles. The molecule has 0 atom stereocenters. The summed E-state index contributed by atoms with van der Waals surface area (Å²) in [4.78, 5) is 0. The first kappa shape index (κ1) is 13.0. The van der Waals surface area contributed by atoms with Crippen LogP contribution in [0.4, 0.5) is 5.69 Å². The summed E-state index contributed by atoms with van der Waals surface area (Å²) in [5.41, 5.74) is 3.82. The van der Waals surface area contributed by atoms with E-state index in [1.54, 1.807) is 7.11 Å². The first-order valence-electron chi connectivity index (χ1n) is 6.10. The van der Waals surface area contributed by atoms with Crippen LogP contribution in [0.5, 0.6) is 5.75 Å². The minimum atomic E-state index is 0.666. The van der Waals surface area contributed by atoms with Gasteiger partial charge in [0.25, 0.3) is 0 Å². The Morgan fingerprint density at radius 2 is 1.89 bits per heavy atom. The van der Waals surface area contributed by atoms with Crippen molar-refractivity contribution in [3.63, 3.8) is 0 Å². The Bertz CT molecular complexity index is 597. The van der Waals surface area contributed by atoms with Crippen LogP contribution in [0, 0.1) is 18.3 Å². The van der Waals surface area contributed by atoms with Gasteiger partial charge in [0.05, 0.1) is 18.4 Å². The van der Waals surface area contributed by atoms with Crippen molar-refractivity contribution in [1.29, 1.82) is 5.26 Å². The van der Waals surface area contributed by atoms with Crippen LogP contribution in [0.1, 0.15) is 16.7 Å². The second kappa shape index (κ2) is 5.92. The van der Waals surface area contributed by atoms with Gasteiger partial charge in [-0.1, -0.05) is 18.2 Å². The molecular weight excluding hydrogens is 236 g/mol. The lowest BCUT2D eigenvalue weighted by molar-refractivity contribution is 0.414. The molecule has 0 aromatic heterocycles. The molecule has 0 aliphatic rings. The van der Waals surface area contributed by atoms with Crippen molar-refractivity contribution in [3.05, 3.63) is 59.2 Å². The molecule has 3 heteroatoms. The fourth-order valence-corrected chi connectivity index (χ4v) is 1.84. The number of nitrogens with one attached hydrogen (secondary N) is 1. The molecule has 0 fully saturated rings. The third-order valence-corrected chi connectivity index (χ3v) is 2.94. The number of rotatable bonds is 4. The summed E-state index contributed by atoms with van der Waals surface area (Å²) in [6, 6.07) is 15.8. The van der Waals surface area contributed by atoms with Crippen molar-refractivity contribution in [3.8, 4) is 11.8 Å². The van der Waals surface area contributed by atoms with Gasteiger partial charge in [-0.15, -0.1) is 0 Å². The summed E-state index contributed by atoms with van der Waals surface area (Å²) < 4.78 is 5.12.